The number of carbonyl (C=O) groups is 1. The Labute approximate surface area is 179 Å². The third-order valence-corrected chi connectivity index (χ3v) is 4.41. The van der Waals surface area contributed by atoms with Crippen LogP contribution in [0.5, 0.6) is 0 Å². The van der Waals surface area contributed by atoms with Crippen LogP contribution < -0.4 is 16.0 Å². The maximum Gasteiger partial charge on any atom is 0.251 e. The van der Waals surface area contributed by atoms with Crippen LogP contribution in [0.4, 0.5) is 8.78 Å². The van der Waals surface area contributed by atoms with Gasteiger partial charge in [-0.15, -0.1) is 0 Å². The Morgan fingerprint density at radius 2 is 1.87 bits per heavy atom. The Morgan fingerprint density at radius 1 is 1.00 bits per heavy atom. The molecule has 0 aliphatic carbocycles. The van der Waals surface area contributed by atoms with Crippen LogP contribution in [0, 0.1) is 11.6 Å². The summed E-state index contributed by atoms with van der Waals surface area (Å²) in [6.45, 7) is 3.21. The Morgan fingerprint density at radius 3 is 2.65 bits per heavy atom. The molecular formula is C23H24F2N4O2. The molecule has 0 saturated carbocycles. The van der Waals surface area contributed by atoms with Crippen molar-refractivity contribution in [3.8, 4) is 0 Å². The lowest BCUT2D eigenvalue weighted by molar-refractivity contribution is 0.0948. The van der Waals surface area contributed by atoms with Crippen LogP contribution in [0.25, 0.3) is 0 Å². The van der Waals surface area contributed by atoms with E-state index in [4.69, 9.17) is 4.42 Å². The minimum atomic E-state index is -0.498. The highest BCUT2D eigenvalue weighted by atomic mass is 19.1. The normalized spacial score (nSPS) is 11.3. The average molecular weight is 426 g/mol. The topological polar surface area (TPSA) is 78.7 Å². The van der Waals surface area contributed by atoms with Crippen LogP contribution in [0.1, 0.15) is 34.2 Å². The standard InChI is InChI=1S/C23H24F2N4O2/c1-2-26-23(29-14-18-12-19(24)8-9-21(18)25)28-13-16-5-3-6-17(11-16)22(30)27-15-20-7-4-10-31-20/h3-12H,2,13-15H2,1H3,(H,27,30)(H2,26,28,29). The van der Waals surface area contributed by atoms with Crippen LogP contribution in [0.3, 0.4) is 0 Å². The van der Waals surface area contributed by atoms with Crippen LogP contribution in [0.15, 0.2) is 70.3 Å². The van der Waals surface area contributed by atoms with Gasteiger partial charge in [0.1, 0.15) is 17.4 Å². The summed E-state index contributed by atoms with van der Waals surface area (Å²) in [7, 11) is 0. The number of rotatable bonds is 8. The molecule has 31 heavy (non-hydrogen) atoms. The maximum atomic E-state index is 13.8. The van der Waals surface area contributed by atoms with E-state index >= 15 is 0 Å². The van der Waals surface area contributed by atoms with Gasteiger partial charge in [0.05, 0.1) is 19.4 Å². The van der Waals surface area contributed by atoms with Crippen LogP contribution >= 0.6 is 0 Å². The molecule has 3 rings (SSSR count). The Bertz CT molecular complexity index is 1040. The highest BCUT2D eigenvalue weighted by Gasteiger charge is 2.08. The number of amides is 1. The van der Waals surface area contributed by atoms with Gasteiger partial charge in [-0.05, 0) is 55.0 Å². The highest BCUT2D eigenvalue weighted by molar-refractivity contribution is 5.94. The van der Waals surface area contributed by atoms with Crippen molar-refractivity contribution in [2.45, 2.75) is 26.6 Å². The van der Waals surface area contributed by atoms with E-state index in [0.29, 0.717) is 36.9 Å². The van der Waals surface area contributed by atoms with E-state index in [2.05, 4.69) is 20.9 Å². The quantitative estimate of drug-likeness (QED) is 0.379. The lowest BCUT2D eigenvalue weighted by Crippen LogP contribution is -2.37. The molecular weight excluding hydrogens is 402 g/mol. The fourth-order valence-electron chi connectivity index (χ4n) is 2.86. The van der Waals surface area contributed by atoms with Gasteiger partial charge in [-0.3, -0.25) is 4.79 Å². The SMILES string of the molecule is CCNC(=NCc1cccc(C(=O)NCc2ccco2)c1)NCc1cc(F)ccc1F. The van der Waals surface area contributed by atoms with Gasteiger partial charge in [0.2, 0.25) is 0 Å². The van der Waals surface area contributed by atoms with Gasteiger partial charge in [-0.1, -0.05) is 12.1 Å². The minimum absolute atomic E-state index is 0.0879. The van der Waals surface area contributed by atoms with Gasteiger partial charge in [-0.25, -0.2) is 13.8 Å². The highest BCUT2D eigenvalue weighted by Crippen LogP contribution is 2.10. The van der Waals surface area contributed by atoms with E-state index in [1.807, 2.05) is 13.0 Å². The van der Waals surface area contributed by atoms with E-state index in [-0.39, 0.29) is 18.0 Å². The first-order valence-corrected chi connectivity index (χ1v) is 9.90. The summed E-state index contributed by atoms with van der Waals surface area (Å²) >= 11 is 0. The molecule has 2 aromatic carbocycles. The van der Waals surface area contributed by atoms with Crippen molar-refractivity contribution in [2.75, 3.05) is 6.54 Å². The predicted molar refractivity (Wildman–Crippen MR) is 114 cm³/mol. The zero-order valence-electron chi connectivity index (χ0n) is 17.1. The summed E-state index contributed by atoms with van der Waals surface area (Å²) in [5, 5.41) is 8.86. The minimum Gasteiger partial charge on any atom is -0.467 e. The van der Waals surface area contributed by atoms with Crippen molar-refractivity contribution < 1.29 is 18.0 Å². The number of hydrogen-bond donors (Lipinski definition) is 3. The average Bonchev–Trinajstić information content (AvgIpc) is 3.30. The predicted octanol–water partition coefficient (Wildman–Crippen LogP) is 3.74. The zero-order valence-corrected chi connectivity index (χ0v) is 17.1. The lowest BCUT2D eigenvalue weighted by atomic mass is 10.1. The summed E-state index contributed by atoms with van der Waals surface area (Å²) in [5.41, 5.74) is 1.56. The van der Waals surface area contributed by atoms with Crippen molar-refractivity contribution >= 4 is 11.9 Å². The second-order valence-electron chi connectivity index (χ2n) is 6.75. The molecule has 0 bridgehead atoms. The number of carbonyl (C=O) groups excluding carboxylic acids is 1. The summed E-state index contributed by atoms with van der Waals surface area (Å²) in [5.74, 6) is -0.0711. The third-order valence-electron chi connectivity index (χ3n) is 4.41. The number of benzene rings is 2. The first-order valence-electron chi connectivity index (χ1n) is 9.90. The summed E-state index contributed by atoms with van der Waals surface area (Å²) in [6, 6.07) is 14.0. The molecule has 1 amide bonds. The number of aliphatic imine (C=N–C) groups is 1. The molecule has 1 heterocycles. The second kappa shape index (κ2) is 10.9. The maximum absolute atomic E-state index is 13.8. The van der Waals surface area contributed by atoms with Crippen molar-refractivity contribution in [3.63, 3.8) is 0 Å². The van der Waals surface area contributed by atoms with Gasteiger partial charge < -0.3 is 20.4 Å². The third kappa shape index (κ3) is 6.67. The number of hydrogen-bond acceptors (Lipinski definition) is 3. The Kier molecular flexibility index (Phi) is 7.75. The number of nitrogens with zero attached hydrogens (tertiary/aromatic N) is 1. The monoisotopic (exact) mass is 426 g/mol. The number of nitrogens with one attached hydrogen (secondary N) is 3. The van der Waals surface area contributed by atoms with Crippen molar-refractivity contribution in [3.05, 3.63) is 94.9 Å². The van der Waals surface area contributed by atoms with E-state index in [1.54, 1.807) is 36.6 Å². The van der Waals surface area contributed by atoms with E-state index in [1.165, 1.54) is 0 Å². The fraction of sp³-hybridized carbons (Fsp3) is 0.217. The molecule has 0 aliphatic heterocycles. The molecule has 0 atom stereocenters. The van der Waals surface area contributed by atoms with Gasteiger partial charge >= 0.3 is 0 Å². The molecule has 162 valence electrons. The number of guanidine groups is 1. The summed E-state index contributed by atoms with van der Waals surface area (Å²) in [4.78, 5) is 16.8. The summed E-state index contributed by atoms with van der Waals surface area (Å²) in [6.07, 6.45) is 1.55. The first kappa shape index (κ1) is 22.0. The fourth-order valence-corrected chi connectivity index (χ4v) is 2.86. The van der Waals surface area contributed by atoms with E-state index in [0.717, 1.165) is 23.8 Å². The molecule has 0 radical (unpaired) electrons. The molecule has 0 saturated heterocycles. The van der Waals surface area contributed by atoms with E-state index < -0.39 is 11.6 Å². The van der Waals surface area contributed by atoms with Crippen LogP contribution in [-0.4, -0.2) is 18.4 Å². The zero-order chi connectivity index (χ0) is 22.1. The molecule has 0 unspecified atom stereocenters. The largest absolute Gasteiger partial charge is 0.467 e. The molecule has 8 heteroatoms. The second-order valence-corrected chi connectivity index (χ2v) is 6.75. The molecule has 1 aromatic heterocycles. The molecule has 0 fully saturated rings. The molecule has 6 nitrogen and oxygen atoms in total. The smallest absolute Gasteiger partial charge is 0.251 e. The first-order chi connectivity index (χ1) is 15.0. The van der Waals surface area contributed by atoms with Crippen LogP contribution in [-0.2, 0) is 19.6 Å². The van der Waals surface area contributed by atoms with Crippen molar-refractivity contribution in [2.24, 2.45) is 4.99 Å². The lowest BCUT2D eigenvalue weighted by Gasteiger charge is -2.12. The van der Waals surface area contributed by atoms with Gasteiger partial charge in [-0.2, -0.15) is 0 Å². The van der Waals surface area contributed by atoms with Gasteiger partial charge in [0.25, 0.3) is 5.91 Å². The van der Waals surface area contributed by atoms with Crippen molar-refractivity contribution in [1.82, 2.24) is 16.0 Å². The number of halogens is 2. The van der Waals surface area contributed by atoms with Gasteiger partial charge in [0.15, 0.2) is 5.96 Å². The molecule has 3 N–H and O–H groups in total. The Balaban J connectivity index is 1.61. The molecule has 0 aliphatic rings. The number of furan rings is 1. The molecule has 3 aromatic rings. The van der Waals surface area contributed by atoms with Gasteiger partial charge in [0, 0.05) is 24.2 Å². The molecule has 0 spiro atoms. The van der Waals surface area contributed by atoms with Crippen LogP contribution in [0.2, 0.25) is 0 Å². The van der Waals surface area contributed by atoms with Crippen molar-refractivity contribution in [1.29, 1.82) is 0 Å². The van der Waals surface area contributed by atoms with E-state index in [9.17, 15) is 13.6 Å². The Hall–Kier alpha value is -3.68. The summed E-state index contributed by atoms with van der Waals surface area (Å²) < 4.78 is 32.4.